The van der Waals surface area contributed by atoms with Crippen LogP contribution in [0.2, 0.25) is 0 Å². The highest BCUT2D eigenvalue weighted by atomic mass is 16.4. The van der Waals surface area contributed by atoms with E-state index in [0.29, 0.717) is 16.6 Å². The number of carboxylic acid groups (broad SMARTS) is 1. The van der Waals surface area contributed by atoms with Crippen molar-refractivity contribution in [3.05, 3.63) is 30.0 Å². The molecule has 0 aliphatic heterocycles. The SMILES string of the molecule is NC(N)=NC(N)=Nc1cccc2[nH]c(C(=O)O)cc12. The number of aromatic carboxylic acids is 1. The summed E-state index contributed by atoms with van der Waals surface area (Å²) in [4.78, 5) is 21.3. The summed E-state index contributed by atoms with van der Waals surface area (Å²) in [7, 11) is 0. The molecule has 98 valence electrons. The number of fused-ring (bicyclic) bond motifs is 1. The van der Waals surface area contributed by atoms with E-state index in [1.54, 1.807) is 18.2 Å². The summed E-state index contributed by atoms with van der Waals surface area (Å²) in [5.41, 5.74) is 17.1. The van der Waals surface area contributed by atoms with Crippen molar-refractivity contribution < 1.29 is 9.90 Å². The van der Waals surface area contributed by atoms with Gasteiger partial charge in [-0.05, 0) is 18.2 Å². The molecule has 19 heavy (non-hydrogen) atoms. The average Bonchev–Trinajstić information content (AvgIpc) is 2.72. The predicted molar refractivity (Wildman–Crippen MR) is 72.4 cm³/mol. The van der Waals surface area contributed by atoms with Gasteiger partial charge in [-0.15, -0.1) is 0 Å². The maximum atomic E-state index is 10.9. The fourth-order valence-corrected chi connectivity index (χ4v) is 1.63. The lowest BCUT2D eigenvalue weighted by molar-refractivity contribution is 0.0691. The van der Waals surface area contributed by atoms with Crippen LogP contribution in [-0.4, -0.2) is 28.0 Å². The van der Waals surface area contributed by atoms with Crippen molar-refractivity contribution in [1.29, 1.82) is 0 Å². The van der Waals surface area contributed by atoms with Gasteiger partial charge < -0.3 is 27.3 Å². The number of aliphatic imine (C=N–C) groups is 2. The van der Waals surface area contributed by atoms with E-state index in [0.717, 1.165) is 0 Å². The highest BCUT2D eigenvalue weighted by molar-refractivity contribution is 6.01. The van der Waals surface area contributed by atoms with E-state index in [4.69, 9.17) is 22.3 Å². The zero-order valence-corrected chi connectivity index (χ0v) is 9.79. The number of rotatable bonds is 2. The number of hydrogen-bond donors (Lipinski definition) is 5. The first kappa shape index (κ1) is 12.4. The van der Waals surface area contributed by atoms with Crippen molar-refractivity contribution in [2.75, 3.05) is 0 Å². The second kappa shape index (κ2) is 4.69. The number of nitrogens with one attached hydrogen (secondary N) is 1. The normalized spacial score (nSPS) is 11.5. The maximum Gasteiger partial charge on any atom is 0.352 e. The van der Waals surface area contributed by atoms with E-state index < -0.39 is 5.97 Å². The summed E-state index contributed by atoms with van der Waals surface area (Å²) >= 11 is 0. The Morgan fingerprint density at radius 3 is 2.63 bits per heavy atom. The highest BCUT2D eigenvalue weighted by Crippen LogP contribution is 2.26. The van der Waals surface area contributed by atoms with E-state index in [9.17, 15) is 4.79 Å². The van der Waals surface area contributed by atoms with Gasteiger partial charge in [-0.2, -0.15) is 4.99 Å². The van der Waals surface area contributed by atoms with E-state index in [2.05, 4.69) is 15.0 Å². The van der Waals surface area contributed by atoms with Crippen molar-refractivity contribution in [3.8, 4) is 0 Å². The standard InChI is InChI=1S/C11H12N6O2/c12-10(13)17-11(14)16-7-3-1-2-6-5(7)4-8(15-6)9(18)19/h1-4,15H,(H,18,19)(H6,12,13,14,16,17). The third-order valence-electron chi connectivity index (χ3n) is 2.35. The number of carboxylic acids is 1. The van der Waals surface area contributed by atoms with Crippen LogP contribution in [0.4, 0.5) is 5.69 Å². The molecule has 0 atom stereocenters. The number of benzene rings is 1. The molecule has 0 amide bonds. The van der Waals surface area contributed by atoms with Gasteiger partial charge in [0.2, 0.25) is 5.96 Å². The Morgan fingerprint density at radius 2 is 2.00 bits per heavy atom. The largest absolute Gasteiger partial charge is 0.477 e. The molecule has 1 aromatic carbocycles. The van der Waals surface area contributed by atoms with E-state index in [-0.39, 0.29) is 17.6 Å². The van der Waals surface area contributed by atoms with Crippen LogP contribution in [0.15, 0.2) is 34.3 Å². The van der Waals surface area contributed by atoms with Crippen molar-refractivity contribution in [1.82, 2.24) is 4.98 Å². The minimum atomic E-state index is -1.05. The van der Waals surface area contributed by atoms with Crippen LogP contribution in [0.25, 0.3) is 10.9 Å². The average molecular weight is 260 g/mol. The third kappa shape index (κ3) is 2.63. The van der Waals surface area contributed by atoms with Gasteiger partial charge in [0.15, 0.2) is 5.96 Å². The third-order valence-corrected chi connectivity index (χ3v) is 2.35. The molecule has 0 aliphatic carbocycles. The molecule has 2 aromatic rings. The van der Waals surface area contributed by atoms with Crippen LogP contribution in [0, 0.1) is 0 Å². The number of nitrogens with zero attached hydrogens (tertiary/aromatic N) is 2. The van der Waals surface area contributed by atoms with Crippen molar-refractivity contribution in [2.24, 2.45) is 27.2 Å². The van der Waals surface area contributed by atoms with Gasteiger partial charge >= 0.3 is 5.97 Å². The molecule has 0 fully saturated rings. The van der Waals surface area contributed by atoms with Gasteiger partial charge in [0.25, 0.3) is 0 Å². The molecular weight excluding hydrogens is 248 g/mol. The number of hydrogen-bond acceptors (Lipinski definition) is 2. The smallest absolute Gasteiger partial charge is 0.352 e. The van der Waals surface area contributed by atoms with Gasteiger partial charge in [-0.3, -0.25) is 0 Å². The molecular formula is C11H12N6O2. The topological polar surface area (TPSA) is 156 Å². The fraction of sp³-hybridized carbons (Fsp3) is 0. The predicted octanol–water partition coefficient (Wildman–Crippen LogP) is 0.0857. The quantitative estimate of drug-likeness (QED) is 0.382. The van der Waals surface area contributed by atoms with Gasteiger partial charge in [0.1, 0.15) is 5.69 Å². The molecule has 0 saturated carbocycles. The Kier molecular flexibility index (Phi) is 3.06. The van der Waals surface area contributed by atoms with E-state index >= 15 is 0 Å². The summed E-state index contributed by atoms with van der Waals surface area (Å²) in [6, 6.07) is 6.60. The van der Waals surface area contributed by atoms with Gasteiger partial charge in [-0.25, -0.2) is 9.79 Å². The monoisotopic (exact) mass is 260 g/mol. The van der Waals surface area contributed by atoms with Gasteiger partial charge in [-0.1, -0.05) is 6.07 Å². The Bertz CT molecular complexity index is 696. The first-order valence-corrected chi connectivity index (χ1v) is 5.26. The summed E-state index contributed by atoms with van der Waals surface area (Å²) in [5, 5.41) is 9.55. The van der Waals surface area contributed by atoms with Crippen LogP contribution in [0.3, 0.4) is 0 Å². The van der Waals surface area contributed by atoms with Crippen LogP contribution >= 0.6 is 0 Å². The molecule has 0 radical (unpaired) electrons. The van der Waals surface area contributed by atoms with Crippen molar-refractivity contribution in [3.63, 3.8) is 0 Å². The lowest BCUT2D eigenvalue weighted by Gasteiger charge is -1.97. The minimum Gasteiger partial charge on any atom is -0.477 e. The molecule has 8 N–H and O–H groups in total. The molecule has 0 aliphatic rings. The molecule has 2 rings (SSSR count). The second-order valence-electron chi connectivity index (χ2n) is 3.73. The summed E-state index contributed by atoms with van der Waals surface area (Å²) in [6.45, 7) is 0. The first-order valence-electron chi connectivity index (χ1n) is 5.26. The molecule has 1 aromatic heterocycles. The zero-order chi connectivity index (χ0) is 14.0. The van der Waals surface area contributed by atoms with Crippen molar-refractivity contribution >= 4 is 34.5 Å². The lowest BCUT2D eigenvalue weighted by atomic mass is 10.2. The van der Waals surface area contributed by atoms with E-state index in [1.165, 1.54) is 6.07 Å². The Morgan fingerprint density at radius 1 is 1.26 bits per heavy atom. The molecule has 8 nitrogen and oxygen atoms in total. The van der Waals surface area contributed by atoms with Gasteiger partial charge in [0, 0.05) is 10.9 Å². The highest BCUT2D eigenvalue weighted by Gasteiger charge is 2.09. The molecule has 0 saturated heterocycles. The summed E-state index contributed by atoms with van der Waals surface area (Å²) < 4.78 is 0. The fourth-order valence-electron chi connectivity index (χ4n) is 1.63. The second-order valence-corrected chi connectivity index (χ2v) is 3.73. The zero-order valence-electron chi connectivity index (χ0n) is 9.79. The number of nitrogens with two attached hydrogens (primary N) is 3. The molecule has 0 unspecified atom stereocenters. The number of H-pyrrole nitrogens is 1. The van der Waals surface area contributed by atoms with Crippen molar-refractivity contribution in [2.45, 2.75) is 0 Å². The maximum absolute atomic E-state index is 10.9. The molecule has 0 spiro atoms. The molecule has 1 heterocycles. The van der Waals surface area contributed by atoms with Crippen LogP contribution in [-0.2, 0) is 0 Å². The Labute approximate surface area is 107 Å². The first-order chi connectivity index (χ1) is 8.97. The van der Waals surface area contributed by atoms with Gasteiger partial charge in [0.05, 0.1) is 5.69 Å². The number of carbonyl (C=O) groups is 1. The summed E-state index contributed by atoms with van der Waals surface area (Å²) in [6.07, 6.45) is 0. The van der Waals surface area contributed by atoms with Crippen LogP contribution < -0.4 is 17.2 Å². The Hall–Kier alpha value is -3.03. The van der Waals surface area contributed by atoms with E-state index in [1.807, 2.05) is 0 Å². The molecule has 0 bridgehead atoms. The minimum absolute atomic E-state index is 0.0676. The number of aromatic nitrogens is 1. The molecule has 8 heteroatoms. The van der Waals surface area contributed by atoms with Crippen LogP contribution in [0.1, 0.15) is 10.5 Å². The summed E-state index contributed by atoms with van der Waals surface area (Å²) in [5.74, 6) is -1.36. The Balaban J connectivity index is 2.55. The van der Waals surface area contributed by atoms with Crippen LogP contribution in [0.5, 0.6) is 0 Å². The lowest BCUT2D eigenvalue weighted by Crippen LogP contribution is -2.26. The number of aromatic amines is 1. The number of guanidine groups is 2.